The van der Waals surface area contributed by atoms with E-state index in [4.69, 9.17) is 0 Å². The van der Waals surface area contributed by atoms with E-state index in [-0.39, 0.29) is 23.8 Å². The second kappa shape index (κ2) is 8.05. The zero-order valence-corrected chi connectivity index (χ0v) is 16.7. The molecule has 3 aromatic carbocycles. The third-order valence-corrected chi connectivity index (χ3v) is 5.54. The van der Waals surface area contributed by atoms with Gasteiger partial charge in [-0.3, -0.25) is 9.59 Å². The molecule has 148 valence electrons. The normalized spacial score (nSPS) is 14.8. The van der Waals surface area contributed by atoms with Crippen molar-refractivity contribution in [2.24, 2.45) is 5.92 Å². The van der Waals surface area contributed by atoms with E-state index < -0.39 is 0 Å². The Hall–Kier alpha value is -3.18. The first kappa shape index (κ1) is 19.2. The predicted molar refractivity (Wildman–Crippen MR) is 116 cm³/mol. The van der Waals surface area contributed by atoms with Gasteiger partial charge in [0.1, 0.15) is 0 Å². The summed E-state index contributed by atoms with van der Waals surface area (Å²) >= 11 is 0. The van der Waals surface area contributed by atoms with Crippen LogP contribution in [-0.2, 0) is 4.79 Å². The third kappa shape index (κ3) is 4.00. The van der Waals surface area contributed by atoms with E-state index in [2.05, 4.69) is 34.1 Å². The molecule has 1 fully saturated rings. The van der Waals surface area contributed by atoms with Gasteiger partial charge >= 0.3 is 0 Å². The van der Waals surface area contributed by atoms with E-state index in [1.807, 2.05) is 50.2 Å². The summed E-state index contributed by atoms with van der Waals surface area (Å²) in [5, 5.41) is 11.4. The van der Waals surface area contributed by atoms with Gasteiger partial charge < -0.3 is 16.0 Å². The summed E-state index contributed by atoms with van der Waals surface area (Å²) in [6.45, 7) is 5.30. The van der Waals surface area contributed by atoms with Crippen LogP contribution in [0.15, 0.2) is 60.7 Å². The van der Waals surface area contributed by atoms with Crippen LogP contribution in [0.4, 0.5) is 5.69 Å². The average Bonchev–Trinajstić information content (AvgIpc) is 2.67. The van der Waals surface area contributed by atoms with Gasteiger partial charge in [0.15, 0.2) is 0 Å². The molecule has 1 heterocycles. The SMILES string of the molecule is Cc1ccc(NC(=O)C2CNC2)cc1C(=O)N[C@H](C)c1cccc2ccccc12. The molecule has 0 spiro atoms. The number of benzene rings is 3. The smallest absolute Gasteiger partial charge is 0.252 e. The molecule has 1 aliphatic heterocycles. The fourth-order valence-corrected chi connectivity index (χ4v) is 3.64. The zero-order chi connectivity index (χ0) is 20.4. The van der Waals surface area contributed by atoms with Gasteiger partial charge in [0.2, 0.25) is 5.91 Å². The van der Waals surface area contributed by atoms with Crippen LogP contribution in [-0.4, -0.2) is 24.9 Å². The predicted octanol–water partition coefficient (Wildman–Crippen LogP) is 3.80. The first-order valence-electron chi connectivity index (χ1n) is 9.93. The van der Waals surface area contributed by atoms with Crippen molar-refractivity contribution in [2.75, 3.05) is 18.4 Å². The van der Waals surface area contributed by atoms with E-state index in [9.17, 15) is 9.59 Å². The Morgan fingerprint density at radius 2 is 1.79 bits per heavy atom. The molecule has 0 unspecified atom stereocenters. The topological polar surface area (TPSA) is 70.2 Å². The molecule has 0 saturated carbocycles. The first-order chi connectivity index (χ1) is 14.0. The van der Waals surface area contributed by atoms with E-state index in [0.717, 1.165) is 21.9 Å². The summed E-state index contributed by atoms with van der Waals surface area (Å²) in [5.41, 5.74) is 3.17. The van der Waals surface area contributed by atoms with E-state index in [1.165, 1.54) is 0 Å². The monoisotopic (exact) mass is 387 g/mol. The highest BCUT2D eigenvalue weighted by Crippen LogP contribution is 2.25. The van der Waals surface area contributed by atoms with E-state index >= 15 is 0 Å². The molecule has 1 saturated heterocycles. The van der Waals surface area contributed by atoms with Crippen LogP contribution < -0.4 is 16.0 Å². The highest BCUT2D eigenvalue weighted by molar-refractivity contribution is 5.99. The molecule has 0 radical (unpaired) electrons. The number of carbonyl (C=O) groups excluding carboxylic acids is 2. The largest absolute Gasteiger partial charge is 0.345 e. The van der Waals surface area contributed by atoms with Gasteiger partial charge in [-0.2, -0.15) is 0 Å². The van der Waals surface area contributed by atoms with Gasteiger partial charge in [-0.15, -0.1) is 0 Å². The Bertz CT molecular complexity index is 1070. The minimum absolute atomic E-state index is 0.0000338. The van der Waals surface area contributed by atoms with Gasteiger partial charge in [0.05, 0.1) is 12.0 Å². The molecule has 0 aromatic heterocycles. The van der Waals surface area contributed by atoms with Crippen molar-refractivity contribution in [3.8, 4) is 0 Å². The molecule has 4 rings (SSSR count). The molecule has 5 nitrogen and oxygen atoms in total. The summed E-state index contributed by atoms with van der Waals surface area (Å²) in [7, 11) is 0. The molecule has 1 atom stereocenters. The first-order valence-corrected chi connectivity index (χ1v) is 9.93. The van der Waals surface area contributed by atoms with Gasteiger partial charge in [-0.05, 0) is 47.9 Å². The van der Waals surface area contributed by atoms with Crippen molar-refractivity contribution in [1.29, 1.82) is 0 Å². The minimum Gasteiger partial charge on any atom is -0.345 e. The average molecular weight is 387 g/mol. The van der Waals surface area contributed by atoms with Gasteiger partial charge in [0, 0.05) is 24.3 Å². The number of anilines is 1. The summed E-state index contributed by atoms with van der Waals surface area (Å²) in [5.74, 6) is -0.160. The lowest BCUT2D eigenvalue weighted by atomic mass is 9.99. The molecule has 2 amide bonds. The van der Waals surface area contributed by atoms with Crippen molar-refractivity contribution in [1.82, 2.24) is 10.6 Å². The lowest BCUT2D eigenvalue weighted by molar-refractivity contribution is -0.121. The van der Waals surface area contributed by atoms with Crippen molar-refractivity contribution in [3.63, 3.8) is 0 Å². The molecular formula is C24H25N3O2. The third-order valence-electron chi connectivity index (χ3n) is 5.54. The summed E-state index contributed by atoms with van der Waals surface area (Å²) < 4.78 is 0. The Labute approximate surface area is 170 Å². The maximum absolute atomic E-state index is 13.0. The number of amides is 2. The maximum atomic E-state index is 13.0. The fraction of sp³-hybridized carbons (Fsp3) is 0.250. The highest BCUT2D eigenvalue weighted by atomic mass is 16.2. The molecule has 0 aliphatic carbocycles. The zero-order valence-electron chi connectivity index (χ0n) is 16.7. The number of carbonyl (C=O) groups is 2. The Kier molecular flexibility index (Phi) is 5.32. The lowest BCUT2D eigenvalue weighted by Gasteiger charge is -2.26. The van der Waals surface area contributed by atoms with Crippen LogP contribution >= 0.6 is 0 Å². The molecule has 3 N–H and O–H groups in total. The van der Waals surface area contributed by atoms with Crippen LogP contribution in [0, 0.1) is 12.8 Å². The summed E-state index contributed by atoms with van der Waals surface area (Å²) in [6.07, 6.45) is 0. The number of aryl methyl sites for hydroxylation is 1. The summed E-state index contributed by atoms with van der Waals surface area (Å²) in [6, 6.07) is 19.6. The van der Waals surface area contributed by atoms with E-state index in [1.54, 1.807) is 6.07 Å². The molecular weight excluding hydrogens is 362 g/mol. The Balaban J connectivity index is 1.53. The van der Waals surface area contributed by atoms with Crippen LogP contribution in [0.3, 0.4) is 0 Å². The number of fused-ring (bicyclic) bond motifs is 1. The second-order valence-electron chi connectivity index (χ2n) is 7.64. The fourth-order valence-electron chi connectivity index (χ4n) is 3.64. The van der Waals surface area contributed by atoms with Crippen LogP contribution in [0.1, 0.15) is 34.5 Å². The lowest BCUT2D eigenvalue weighted by Crippen LogP contribution is -2.48. The molecule has 5 heteroatoms. The number of rotatable bonds is 5. The van der Waals surface area contributed by atoms with E-state index in [0.29, 0.717) is 24.3 Å². The van der Waals surface area contributed by atoms with Gasteiger partial charge in [-0.25, -0.2) is 0 Å². The molecule has 29 heavy (non-hydrogen) atoms. The Morgan fingerprint density at radius 1 is 1.03 bits per heavy atom. The van der Waals surface area contributed by atoms with Crippen molar-refractivity contribution in [2.45, 2.75) is 19.9 Å². The Morgan fingerprint density at radius 3 is 2.55 bits per heavy atom. The van der Waals surface area contributed by atoms with Crippen molar-refractivity contribution >= 4 is 28.3 Å². The highest BCUT2D eigenvalue weighted by Gasteiger charge is 2.25. The number of nitrogens with one attached hydrogen (secondary N) is 3. The van der Waals surface area contributed by atoms with Gasteiger partial charge in [0.25, 0.3) is 5.91 Å². The van der Waals surface area contributed by atoms with Crippen LogP contribution in [0.2, 0.25) is 0 Å². The molecule has 0 bridgehead atoms. The van der Waals surface area contributed by atoms with Crippen LogP contribution in [0.5, 0.6) is 0 Å². The maximum Gasteiger partial charge on any atom is 0.252 e. The second-order valence-corrected chi connectivity index (χ2v) is 7.64. The minimum atomic E-state index is -0.149. The van der Waals surface area contributed by atoms with Crippen molar-refractivity contribution < 1.29 is 9.59 Å². The van der Waals surface area contributed by atoms with Crippen molar-refractivity contribution in [3.05, 3.63) is 77.4 Å². The summed E-state index contributed by atoms with van der Waals surface area (Å²) in [4.78, 5) is 25.2. The number of hydrogen-bond acceptors (Lipinski definition) is 3. The molecule has 1 aliphatic rings. The van der Waals surface area contributed by atoms with Crippen LogP contribution in [0.25, 0.3) is 10.8 Å². The number of hydrogen-bond donors (Lipinski definition) is 3. The van der Waals surface area contributed by atoms with Gasteiger partial charge in [-0.1, -0.05) is 48.5 Å². The quantitative estimate of drug-likeness (QED) is 0.624. The molecule has 3 aromatic rings. The standard InChI is InChI=1S/C24H25N3O2/c1-15-10-11-19(27-23(28)18-13-25-14-18)12-22(15)24(29)26-16(2)20-9-5-7-17-6-3-4-8-21(17)20/h3-12,16,18,25H,13-14H2,1-2H3,(H,26,29)(H,27,28)/t16-/m1/s1.